The highest BCUT2D eigenvalue weighted by atomic mass is 35.5. The molecule has 0 radical (unpaired) electrons. The first-order valence-corrected chi connectivity index (χ1v) is 9.86. The Morgan fingerprint density at radius 1 is 0.571 bits per heavy atom. The van der Waals surface area contributed by atoms with E-state index in [-0.39, 0.29) is 22.3 Å². The fourth-order valence-corrected chi connectivity index (χ4v) is 3.72. The van der Waals surface area contributed by atoms with Crippen LogP contribution in [0.4, 0.5) is 0 Å². The maximum Gasteiger partial charge on any atom is 0.229 e. The molecule has 0 fully saturated rings. The van der Waals surface area contributed by atoms with Gasteiger partial charge in [-0.05, 0) is 58.3 Å². The van der Waals surface area contributed by atoms with Gasteiger partial charge < -0.3 is 0 Å². The summed E-state index contributed by atoms with van der Waals surface area (Å²) < 4.78 is 0. The lowest BCUT2D eigenvalue weighted by Crippen LogP contribution is -2.11. The third-order valence-corrected chi connectivity index (χ3v) is 5.38. The summed E-state index contributed by atoms with van der Waals surface area (Å²) in [5.74, 6) is -0.759. The summed E-state index contributed by atoms with van der Waals surface area (Å²) in [6.45, 7) is 0. The lowest BCUT2D eigenvalue weighted by molar-refractivity contribution is -0.113. The van der Waals surface area contributed by atoms with Crippen molar-refractivity contribution in [2.45, 2.75) is 24.7 Å². The third-order valence-electron chi connectivity index (χ3n) is 4.85. The van der Waals surface area contributed by atoms with Crippen molar-refractivity contribution in [3.05, 3.63) is 107 Å². The smallest absolute Gasteiger partial charge is 0.229 e. The topological polar surface area (TPSA) is 34.1 Å². The van der Waals surface area contributed by atoms with Crippen LogP contribution < -0.4 is 0 Å². The van der Waals surface area contributed by atoms with Gasteiger partial charge in [0, 0.05) is 0 Å². The predicted molar refractivity (Wildman–Crippen MR) is 114 cm³/mol. The Bertz CT molecular complexity index is 843. The molecule has 2 unspecified atom stereocenters. The minimum atomic E-state index is -0.379. The van der Waals surface area contributed by atoms with Crippen LogP contribution in [0.25, 0.3) is 0 Å². The average Bonchev–Trinajstić information content (AvgIpc) is 2.72. The molecule has 0 aromatic heterocycles. The van der Waals surface area contributed by atoms with Crippen LogP contribution >= 0.6 is 23.2 Å². The molecule has 28 heavy (non-hydrogen) atoms. The van der Waals surface area contributed by atoms with Crippen LogP contribution in [0.1, 0.15) is 34.1 Å². The molecule has 142 valence electrons. The molecule has 0 spiro atoms. The van der Waals surface area contributed by atoms with Crippen molar-refractivity contribution in [2.24, 2.45) is 0 Å². The van der Waals surface area contributed by atoms with Gasteiger partial charge in [0.15, 0.2) is 0 Å². The second kappa shape index (κ2) is 9.68. The highest BCUT2D eigenvalue weighted by molar-refractivity contribution is 6.65. The minimum Gasteiger partial charge on any atom is -0.281 e. The highest BCUT2D eigenvalue weighted by Gasteiger charge is 2.21. The summed E-state index contributed by atoms with van der Waals surface area (Å²) in [5, 5.41) is -0.737. The Labute approximate surface area is 175 Å². The van der Waals surface area contributed by atoms with E-state index in [4.69, 9.17) is 23.2 Å². The minimum absolute atomic E-state index is 0.368. The van der Waals surface area contributed by atoms with Gasteiger partial charge >= 0.3 is 0 Å². The molecule has 2 atom stereocenters. The van der Waals surface area contributed by atoms with Gasteiger partial charge in [0.05, 0.1) is 11.8 Å². The van der Waals surface area contributed by atoms with E-state index >= 15 is 0 Å². The summed E-state index contributed by atoms with van der Waals surface area (Å²) in [6, 6.07) is 27.0. The van der Waals surface area contributed by atoms with Gasteiger partial charge in [0.2, 0.25) is 10.5 Å². The number of carbonyl (C=O) groups excluding carboxylic acids is 2. The van der Waals surface area contributed by atoms with Gasteiger partial charge in [-0.15, -0.1) is 0 Å². The van der Waals surface area contributed by atoms with Crippen LogP contribution in [0.3, 0.4) is 0 Å². The van der Waals surface area contributed by atoms with Crippen LogP contribution in [-0.2, 0) is 22.4 Å². The molecule has 0 saturated carbocycles. The van der Waals surface area contributed by atoms with Gasteiger partial charge in [-0.25, -0.2) is 0 Å². The Kier molecular flexibility index (Phi) is 7.02. The van der Waals surface area contributed by atoms with Crippen LogP contribution in [0.15, 0.2) is 84.9 Å². The van der Waals surface area contributed by atoms with Gasteiger partial charge in [0.1, 0.15) is 0 Å². The summed E-state index contributed by atoms with van der Waals surface area (Å²) in [7, 11) is 0. The summed E-state index contributed by atoms with van der Waals surface area (Å²) in [4.78, 5) is 23.8. The Hall–Kier alpha value is -2.42. The zero-order chi connectivity index (χ0) is 19.9. The molecule has 0 saturated heterocycles. The van der Waals surface area contributed by atoms with Crippen molar-refractivity contribution in [1.82, 2.24) is 0 Å². The van der Waals surface area contributed by atoms with E-state index in [1.807, 2.05) is 84.9 Å². The summed E-state index contributed by atoms with van der Waals surface area (Å²) in [5.41, 5.74) is 3.84. The second-order valence-corrected chi connectivity index (χ2v) is 7.50. The summed E-state index contributed by atoms with van der Waals surface area (Å²) >= 11 is 11.7. The zero-order valence-corrected chi connectivity index (χ0v) is 16.7. The second-order valence-electron chi connectivity index (χ2n) is 6.76. The first kappa shape index (κ1) is 20.3. The zero-order valence-electron chi connectivity index (χ0n) is 15.2. The normalized spacial score (nSPS) is 12.9. The van der Waals surface area contributed by atoms with E-state index in [1.54, 1.807) is 0 Å². The van der Waals surface area contributed by atoms with E-state index < -0.39 is 0 Å². The molecule has 0 N–H and O–H groups in total. The van der Waals surface area contributed by atoms with Crippen molar-refractivity contribution in [2.75, 3.05) is 0 Å². The Morgan fingerprint density at radius 2 is 0.893 bits per heavy atom. The monoisotopic (exact) mass is 410 g/mol. The summed E-state index contributed by atoms with van der Waals surface area (Å²) in [6.07, 6.45) is 1.06. The first-order chi connectivity index (χ1) is 13.5. The van der Waals surface area contributed by atoms with Gasteiger partial charge in [0.25, 0.3) is 0 Å². The van der Waals surface area contributed by atoms with Crippen LogP contribution in [0.5, 0.6) is 0 Å². The largest absolute Gasteiger partial charge is 0.281 e. The lowest BCUT2D eigenvalue weighted by Gasteiger charge is -2.15. The average molecular weight is 411 g/mol. The van der Waals surface area contributed by atoms with Crippen molar-refractivity contribution in [3.8, 4) is 0 Å². The molecule has 3 aromatic carbocycles. The van der Waals surface area contributed by atoms with Crippen LogP contribution in [-0.4, -0.2) is 10.5 Å². The van der Waals surface area contributed by atoms with Crippen molar-refractivity contribution in [1.29, 1.82) is 0 Å². The molecule has 0 aliphatic heterocycles. The molecule has 0 amide bonds. The van der Waals surface area contributed by atoms with E-state index in [0.717, 1.165) is 22.3 Å². The first-order valence-electron chi connectivity index (χ1n) is 9.11. The van der Waals surface area contributed by atoms with Gasteiger partial charge in [-0.1, -0.05) is 84.9 Å². The SMILES string of the molecule is O=C(Cl)C(Cc1ccc(CC(C(=O)Cl)c2ccccc2)cc1)c1ccccc1. The number of halogens is 2. The standard InChI is InChI=1S/C24H20Cl2O2/c25-23(27)21(19-7-3-1-4-8-19)15-17-11-13-18(14-12-17)16-22(24(26)28)20-9-5-2-6-10-20/h1-14,21-22H,15-16H2. The lowest BCUT2D eigenvalue weighted by atomic mass is 9.90. The van der Waals surface area contributed by atoms with Crippen molar-refractivity contribution >= 4 is 33.7 Å². The molecule has 3 aromatic rings. The van der Waals surface area contributed by atoms with Gasteiger partial charge in [-0.3, -0.25) is 9.59 Å². The third kappa shape index (κ3) is 5.31. The van der Waals surface area contributed by atoms with Crippen LogP contribution in [0.2, 0.25) is 0 Å². The van der Waals surface area contributed by atoms with Crippen molar-refractivity contribution < 1.29 is 9.59 Å². The molecule has 3 rings (SSSR count). The molecular weight excluding hydrogens is 391 g/mol. The quantitative estimate of drug-likeness (QED) is 0.435. The molecule has 0 aliphatic carbocycles. The maximum absolute atomic E-state index is 11.9. The highest BCUT2D eigenvalue weighted by Crippen LogP contribution is 2.26. The molecule has 0 aliphatic rings. The number of benzene rings is 3. The van der Waals surface area contributed by atoms with E-state index in [1.165, 1.54) is 0 Å². The number of hydrogen-bond donors (Lipinski definition) is 0. The number of hydrogen-bond acceptors (Lipinski definition) is 2. The Morgan fingerprint density at radius 3 is 1.18 bits per heavy atom. The predicted octanol–water partition coefficient (Wildman–Crippen LogP) is 5.87. The van der Waals surface area contributed by atoms with Gasteiger partial charge in [-0.2, -0.15) is 0 Å². The van der Waals surface area contributed by atoms with Crippen LogP contribution in [0, 0.1) is 0 Å². The molecule has 4 heteroatoms. The Balaban J connectivity index is 1.74. The van der Waals surface area contributed by atoms with E-state index in [2.05, 4.69) is 0 Å². The molecular formula is C24H20Cl2O2. The number of carbonyl (C=O) groups is 2. The maximum atomic E-state index is 11.9. The number of rotatable bonds is 8. The van der Waals surface area contributed by atoms with Crippen molar-refractivity contribution in [3.63, 3.8) is 0 Å². The molecule has 2 nitrogen and oxygen atoms in total. The molecule has 0 bridgehead atoms. The molecule has 0 heterocycles. The fraction of sp³-hybridized carbons (Fsp3) is 0.167. The fourth-order valence-electron chi connectivity index (χ4n) is 3.31. The van der Waals surface area contributed by atoms with E-state index in [0.29, 0.717) is 12.8 Å². The van der Waals surface area contributed by atoms with E-state index in [9.17, 15) is 9.59 Å².